The van der Waals surface area contributed by atoms with Gasteiger partial charge in [0.05, 0.1) is 6.10 Å². The fraction of sp³-hybridized carbons (Fsp3) is 0.667. The van der Waals surface area contributed by atoms with Crippen LogP contribution in [0.3, 0.4) is 0 Å². The zero-order valence-electron chi connectivity index (χ0n) is 10.2. The first-order valence-corrected chi connectivity index (χ1v) is 8.18. The van der Waals surface area contributed by atoms with Gasteiger partial charge in [-0.3, -0.25) is 0 Å². The van der Waals surface area contributed by atoms with Crippen molar-refractivity contribution < 1.29 is 4.43 Å². The van der Waals surface area contributed by atoms with Crippen LogP contribution in [0.4, 0.5) is 0 Å². The third kappa shape index (κ3) is 2.58. The first-order valence-electron chi connectivity index (χ1n) is 5.27. The van der Waals surface area contributed by atoms with Crippen LogP contribution in [0.1, 0.15) is 27.7 Å². The van der Waals surface area contributed by atoms with Gasteiger partial charge >= 0.3 is 0 Å². The van der Waals surface area contributed by atoms with Crippen LogP contribution in [0.25, 0.3) is 0 Å². The molecule has 0 aromatic heterocycles. The van der Waals surface area contributed by atoms with Crippen molar-refractivity contribution in [3.63, 3.8) is 0 Å². The molecule has 0 radical (unpaired) electrons. The van der Waals surface area contributed by atoms with Crippen LogP contribution < -0.4 is 0 Å². The maximum absolute atomic E-state index is 6.21. The van der Waals surface area contributed by atoms with E-state index in [1.807, 2.05) is 0 Å². The summed E-state index contributed by atoms with van der Waals surface area (Å²) < 4.78 is 6.21. The van der Waals surface area contributed by atoms with Crippen LogP contribution in [-0.4, -0.2) is 14.4 Å². The molecule has 1 aliphatic rings. The molecule has 1 unspecified atom stereocenters. The van der Waals surface area contributed by atoms with Gasteiger partial charge in [-0.25, -0.2) is 0 Å². The van der Waals surface area contributed by atoms with Crippen LogP contribution in [0.15, 0.2) is 23.8 Å². The van der Waals surface area contributed by atoms with Crippen LogP contribution in [0.5, 0.6) is 0 Å². The summed E-state index contributed by atoms with van der Waals surface area (Å²) in [4.78, 5) is 0. The lowest BCUT2D eigenvalue weighted by Gasteiger charge is -2.37. The number of hydrogen-bond donors (Lipinski definition) is 0. The highest BCUT2D eigenvalue weighted by Gasteiger charge is 2.38. The molecular weight excluding hydrogens is 188 g/mol. The molecule has 0 bridgehead atoms. The summed E-state index contributed by atoms with van der Waals surface area (Å²) in [5.74, 6) is 0. The summed E-state index contributed by atoms with van der Waals surface area (Å²) in [6.07, 6.45) is 6.70. The molecule has 0 N–H and O–H groups in total. The Morgan fingerprint density at radius 3 is 2.21 bits per heavy atom. The maximum Gasteiger partial charge on any atom is 0.193 e. The van der Waals surface area contributed by atoms with Gasteiger partial charge in [0.1, 0.15) is 0 Å². The van der Waals surface area contributed by atoms with Gasteiger partial charge in [-0.15, -0.1) is 0 Å². The van der Waals surface area contributed by atoms with Gasteiger partial charge in [-0.1, -0.05) is 44.6 Å². The minimum Gasteiger partial charge on any atom is -0.407 e. The average Bonchev–Trinajstić information content (AvgIpc) is 2.31. The van der Waals surface area contributed by atoms with E-state index in [-0.39, 0.29) is 6.10 Å². The molecule has 1 nitrogen and oxygen atoms in total. The molecule has 0 aromatic carbocycles. The second-order valence-corrected chi connectivity index (χ2v) is 10.4. The molecule has 0 aliphatic heterocycles. The van der Waals surface area contributed by atoms with Crippen molar-refractivity contribution in [1.29, 1.82) is 0 Å². The monoisotopic (exact) mass is 210 g/mol. The summed E-state index contributed by atoms with van der Waals surface area (Å²) in [7, 11) is -1.60. The predicted octanol–water partition coefficient (Wildman–Crippen LogP) is 3.89. The lowest BCUT2D eigenvalue weighted by Crippen LogP contribution is -2.42. The van der Waals surface area contributed by atoms with E-state index in [9.17, 15) is 0 Å². The fourth-order valence-corrected chi connectivity index (χ4v) is 2.39. The largest absolute Gasteiger partial charge is 0.407 e. The number of allylic oxidation sites excluding steroid dienone is 2. The predicted molar refractivity (Wildman–Crippen MR) is 65.0 cm³/mol. The van der Waals surface area contributed by atoms with Crippen molar-refractivity contribution in [1.82, 2.24) is 0 Å². The van der Waals surface area contributed by atoms with Crippen molar-refractivity contribution in [3.05, 3.63) is 23.8 Å². The van der Waals surface area contributed by atoms with Gasteiger partial charge in [0.2, 0.25) is 0 Å². The smallest absolute Gasteiger partial charge is 0.193 e. The van der Waals surface area contributed by atoms with E-state index in [0.717, 1.165) is 0 Å². The molecule has 0 spiro atoms. The van der Waals surface area contributed by atoms with Crippen molar-refractivity contribution in [2.75, 3.05) is 0 Å². The fourth-order valence-electron chi connectivity index (χ4n) is 1.21. The van der Waals surface area contributed by atoms with Crippen molar-refractivity contribution >= 4 is 8.32 Å². The van der Waals surface area contributed by atoms with E-state index < -0.39 is 8.32 Å². The van der Waals surface area contributed by atoms with E-state index in [4.69, 9.17) is 4.43 Å². The van der Waals surface area contributed by atoms with Gasteiger partial charge < -0.3 is 4.43 Å². The highest BCUT2D eigenvalue weighted by molar-refractivity contribution is 6.74. The lowest BCUT2D eigenvalue weighted by molar-refractivity contribution is 0.269. The first-order chi connectivity index (χ1) is 6.22. The number of rotatable bonds is 2. The number of hydrogen-bond acceptors (Lipinski definition) is 1. The van der Waals surface area contributed by atoms with Gasteiger partial charge in [-0.2, -0.15) is 0 Å². The molecule has 0 saturated heterocycles. The quantitative estimate of drug-likeness (QED) is 0.628. The molecule has 1 atom stereocenters. The Bertz CT molecular complexity index is 269. The highest BCUT2D eigenvalue weighted by atomic mass is 28.4. The Kier molecular flexibility index (Phi) is 3.07. The lowest BCUT2D eigenvalue weighted by atomic mass is 10.2. The minimum atomic E-state index is -1.60. The zero-order chi connectivity index (χ0) is 11.0. The van der Waals surface area contributed by atoms with Crippen LogP contribution in [-0.2, 0) is 4.43 Å². The topological polar surface area (TPSA) is 9.23 Å². The zero-order valence-corrected chi connectivity index (χ0v) is 11.2. The van der Waals surface area contributed by atoms with Crippen molar-refractivity contribution in [3.8, 4) is 0 Å². The van der Waals surface area contributed by atoms with Crippen molar-refractivity contribution in [2.45, 2.75) is 51.9 Å². The Hall–Kier alpha value is -0.343. The van der Waals surface area contributed by atoms with Gasteiger partial charge in [0.15, 0.2) is 8.32 Å². The third-order valence-electron chi connectivity index (χ3n) is 3.21. The summed E-state index contributed by atoms with van der Waals surface area (Å²) in [5.41, 5.74) is 1.31. The Morgan fingerprint density at radius 1 is 1.29 bits per heavy atom. The molecule has 0 heterocycles. The molecule has 1 aliphatic carbocycles. The highest BCUT2D eigenvalue weighted by Crippen LogP contribution is 2.38. The summed E-state index contributed by atoms with van der Waals surface area (Å²) in [5, 5.41) is 0.297. The minimum absolute atomic E-state index is 0.218. The SMILES string of the molecule is CC1=CC(O[Si](C)(C)C(C)(C)C)C=C1. The normalized spacial score (nSPS) is 22.7. The van der Waals surface area contributed by atoms with Crippen LogP contribution >= 0.6 is 0 Å². The second kappa shape index (κ2) is 3.67. The molecule has 14 heavy (non-hydrogen) atoms. The summed E-state index contributed by atoms with van der Waals surface area (Å²) >= 11 is 0. The van der Waals surface area contributed by atoms with Crippen molar-refractivity contribution in [2.24, 2.45) is 0 Å². The second-order valence-electron chi connectivity index (χ2n) is 5.61. The summed E-state index contributed by atoms with van der Waals surface area (Å²) in [6.45, 7) is 13.5. The molecule has 80 valence electrons. The van der Waals surface area contributed by atoms with Crippen LogP contribution in [0, 0.1) is 0 Å². The van der Waals surface area contributed by atoms with E-state index in [2.05, 4.69) is 59.0 Å². The molecule has 0 saturated carbocycles. The standard InChI is InChI=1S/C12H22OSi/c1-10-7-8-11(9-10)13-14(5,6)12(2,3)4/h7-9,11H,1-6H3. The molecule has 0 aromatic rings. The Labute approximate surface area is 89.0 Å². The molecule has 0 amide bonds. The molecule has 1 rings (SSSR count). The molecule has 0 fully saturated rings. The molecular formula is C12H22OSi. The van der Waals surface area contributed by atoms with Gasteiger partial charge in [0, 0.05) is 0 Å². The van der Waals surface area contributed by atoms with Crippen LogP contribution in [0.2, 0.25) is 18.1 Å². The van der Waals surface area contributed by atoms with E-state index in [1.54, 1.807) is 0 Å². The Morgan fingerprint density at radius 2 is 1.86 bits per heavy atom. The average molecular weight is 210 g/mol. The Balaban J connectivity index is 2.66. The van der Waals surface area contributed by atoms with E-state index in [1.165, 1.54) is 5.57 Å². The first kappa shape index (κ1) is 11.7. The van der Waals surface area contributed by atoms with E-state index in [0.29, 0.717) is 5.04 Å². The summed E-state index contributed by atoms with van der Waals surface area (Å²) in [6, 6.07) is 0. The molecule has 2 heteroatoms. The van der Waals surface area contributed by atoms with Gasteiger partial charge in [0.25, 0.3) is 0 Å². The third-order valence-corrected chi connectivity index (χ3v) is 7.69. The maximum atomic E-state index is 6.21. The van der Waals surface area contributed by atoms with Gasteiger partial charge in [-0.05, 0) is 25.1 Å². The van der Waals surface area contributed by atoms with E-state index >= 15 is 0 Å².